The molecule has 1 aromatic heterocycles. The minimum absolute atomic E-state index is 0.0541. The highest BCUT2D eigenvalue weighted by molar-refractivity contribution is 7.91. The summed E-state index contributed by atoms with van der Waals surface area (Å²) in [7, 11) is -3.54. The zero-order valence-corrected chi connectivity index (χ0v) is 10.7. The van der Waals surface area contributed by atoms with Gasteiger partial charge in [0.25, 0.3) is 10.0 Å². The second-order valence-electron chi connectivity index (χ2n) is 4.17. The Morgan fingerprint density at radius 3 is 2.56 bits per heavy atom. The molecule has 0 bridgehead atoms. The fourth-order valence-corrected chi connectivity index (χ4v) is 4.27. The van der Waals surface area contributed by atoms with E-state index in [4.69, 9.17) is 0 Å². The topological polar surface area (TPSA) is 79.0 Å². The highest BCUT2D eigenvalue weighted by Gasteiger charge is 2.32. The van der Waals surface area contributed by atoms with E-state index in [-0.39, 0.29) is 15.1 Å². The molecule has 0 amide bonds. The quantitative estimate of drug-likeness (QED) is 0.843. The highest BCUT2D eigenvalue weighted by Crippen LogP contribution is 2.33. The van der Waals surface area contributed by atoms with Gasteiger partial charge in [-0.05, 0) is 32.6 Å². The number of sulfonamides is 1. The number of nitrogens with one attached hydrogen (secondary N) is 2. The molecule has 1 saturated carbocycles. The van der Waals surface area contributed by atoms with Crippen LogP contribution in [-0.2, 0) is 10.0 Å². The zero-order chi connectivity index (χ0) is 11.9. The second kappa shape index (κ2) is 3.97. The Morgan fingerprint density at radius 2 is 2.12 bits per heavy atom. The van der Waals surface area contributed by atoms with Crippen LogP contribution in [0.15, 0.2) is 9.00 Å². The van der Waals surface area contributed by atoms with Gasteiger partial charge >= 0.3 is 4.87 Å². The first-order chi connectivity index (χ1) is 7.40. The maximum atomic E-state index is 11.9. The Labute approximate surface area is 97.9 Å². The molecular weight excluding hydrogens is 248 g/mol. The van der Waals surface area contributed by atoms with E-state index >= 15 is 0 Å². The normalized spacial score (nSPS) is 18.6. The number of hydrogen-bond donors (Lipinski definition) is 2. The van der Waals surface area contributed by atoms with Gasteiger partial charge < -0.3 is 4.98 Å². The Morgan fingerprint density at radius 1 is 1.50 bits per heavy atom. The highest BCUT2D eigenvalue weighted by atomic mass is 32.2. The predicted molar refractivity (Wildman–Crippen MR) is 62.2 cm³/mol. The molecule has 2 rings (SSSR count). The average Bonchev–Trinajstić information content (AvgIpc) is 2.91. The fourth-order valence-electron chi connectivity index (χ4n) is 1.64. The van der Waals surface area contributed by atoms with Crippen LogP contribution < -0.4 is 9.60 Å². The van der Waals surface area contributed by atoms with Crippen molar-refractivity contribution in [2.45, 2.75) is 36.9 Å². The lowest BCUT2D eigenvalue weighted by atomic mass is 10.2. The van der Waals surface area contributed by atoms with Crippen molar-refractivity contribution in [3.63, 3.8) is 0 Å². The molecule has 1 fully saturated rings. The molecule has 1 aliphatic carbocycles. The SMILES string of the molecule is Cc1[nH]c(=O)sc1S(=O)(=O)NC(C)C1CC1. The van der Waals surface area contributed by atoms with Gasteiger partial charge in [-0.3, -0.25) is 4.79 Å². The molecule has 1 aliphatic rings. The third kappa shape index (κ3) is 2.36. The lowest BCUT2D eigenvalue weighted by molar-refractivity contribution is 0.539. The summed E-state index contributed by atoms with van der Waals surface area (Å²) < 4.78 is 26.6. The van der Waals surface area contributed by atoms with Gasteiger partial charge in [-0.15, -0.1) is 0 Å². The Balaban J connectivity index is 2.24. The molecular formula is C9H14N2O3S2. The Kier molecular flexibility index (Phi) is 2.93. The van der Waals surface area contributed by atoms with Crippen LogP contribution in [0.4, 0.5) is 0 Å². The molecule has 0 spiro atoms. The maximum Gasteiger partial charge on any atom is 0.305 e. The summed E-state index contributed by atoms with van der Waals surface area (Å²) in [4.78, 5) is 13.2. The molecule has 0 aliphatic heterocycles. The number of aryl methyl sites for hydroxylation is 1. The average molecular weight is 262 g/mol. The van der Waals surface area contributed by atoms with Crippen molar-refractivity contribution in [1.82, 2.24) is 9.71 Å². The van der Waals surface area contributed by atoms with Gasteiger partial charge in [-0.1, -0.05) is 11.3 Å². The molecule has 1 unspecified atom stereocenters. The molecule has 1 atom stereocenters. The molecule has 16 heavy (non-hydrogen) atoms. The van der Waals surface area contributed by atoms with E-state index in [0.717, 1.165) is 24.2 Å². The lowest BCUT2D eigenvalue weighted by Crippen LogP contribution is -2.33. The van der Waals surface area contributed by atoms with Gasteiger partial charge in [-0.25, -0.2) is 13.1 Å². The molecule has 0 aromatic carbocycles. The summed E-state index contributed by atoms with van der Waals surface area (Å²) in [5.41, 5.74) is 0.408. The molecule has 2 N–H and O–H groups in total. The third-order valence-electron chi connectivity index (χ3n) is 2.70. The van der Waals surface area contributed by atoms with Crippen molar-refractivity contribution < 1.29 is 8.42 Å². The van der Waals surface area contributed by atoms with Crippen LogP contribution in [0.1, 0.15) is 25.5 Å². The van der Waals surface area contributed by atoms with Crippen LogP contribution >= 0.6 is 11.3 Å². The third-order valence-corrected chi connectivity index (χ3v) is 5.86. The largest absolute Gasteiger partial charge is 0.315 e. The molecule has 7 heteroatoms. The second-order valence-corrected chi connectivity index (χ2v) is 7.07. The number of rotatable bonds is 4. The van der Waals surface area contributed by atoms with Crippen molar-refractivity contribution >= 4 is 21.4 Å². The van der Waals surface area contributed by atoms with Gasteiger partial charge in [0.05, 0.1) is 0 Å². The minimum atomic E-state index is -3.54. The van der Waals surface area contributed by atoms with E-state index < -0.39 is 10.0 Å². The van der Waals surface area contributed by atoms with E-state index in [2.05, 4.69) is 9.71 Å². The summed E-state index contributed by atoms with van der Waals surface area (Å²) in [6.45, 7) is 3.45. The van der Waals surface area contributed by atoms with E-state index in [9.17, 15) is 13.2 Å². The molecule has 0 saturated heterocycles. The lowest BCUT2D eigenvalue weighted by Gasteiger charge is -2.12. The van der Waals surface area contributed by atoms with Crippen LogP contribution in [0.3, 0.4) is 0 Å². The summed E-state index contributed by atoms with van der Waals surface area (Å²) in [6.07, 6.45) is 2.15. The van der Waals surface area contributed by atoms with E-state index in [1.807, 2.05) is 6.92 Å². The molecule has 1 aromatic rings. The van der Waals surface area contributed by atoms with Gasteiger partial charge in [0, 0.05) is 11.7 Å². The predicted octanol–water partition coefficient (Wildman–Crippen LogP) is 0.822. The minimum Gasteiger partial charge on any atom is -0.315 e. The van der Waals surface area contributed by atoms with Crippen LogP contribution in [0.2, 0.25) is 0 Å². The Hall–Kier alpha value is -0.660. The van der Waals surface area contributed by atoms with Crippen molar-refractivity contribution in [2.24, 2.45) is 5.92 Å². The number of aromatic nitrogens is 1. The van der Waals surface area contributed by atoms with Crippen molar-refractivity contribution in [3.8, 4) is 0 Å². The molecule has 5 nitrogen and oxygen atoms in total. The first-order valence-corrected chi connectivity index (χ1v) is 7.42. The first kappa shape index (κ1) is 11.8. The molecule has 1 heterocycles. The van der Waals surface area contributed by atoms with E-state index in [1.165, 1.54) is 0 Å². The van der Waals surface area contributed by atoms with Gasteiger partial charge in [-0.2, -0.15) is 0 Å². The van der Waals surface area contributed by atoms with Gasteiger partial charge in [0.1, 0.15) is 0 Å². The van der Waals surface area contributed by atoms with Crippen LogP contribution in [0.25, 0.3) is 0 Å². The van der Waals surface area contributed by atoms with Crippen molar-refractivity contribution in [1.29, 1.82) is 0 Å². The number of hydrogen-bond acceptors (Lipinski definition) is 4. The van der Waals surface area contributed by atoms with Crippen LogP contribution in [0, 0.1) is 12.8 Å². The smallest absolute Gasteiger partial charge is 0.305 e. The van der Waals surface area contributed by atoms with Crippen LogP contribution in [0.5, 0.6) is 0 Å². The van der Waals surface area contributed by atoms with E-state index in [1.54, 1.807) is 6.92 Å². The summed E-state index contributed by atoms with van der Waals surface area (Å²) in [5.74, 6) is 0.450. The summed E-state index contributed by atoms with van der Waals surface area (Å²) in [5, 5.41) is 0. The zero-order valence-electron chi connectivity index (χ0n) is 9.11. The molecule has 90 valence electrons. The number of thiazole rings is 1. The molecule has 0 radical (unpaired) electrons. The fraction of sp³-hybridized carbons (Fsp3) is 0.667. The Bertz CT molecular complexity index is 539. The number of H-pyrrole nitrogens is 1. The first-order valence-electron chi connectivity index (χ1n) is 5.12. The van der Waals surface area contributed by atoms with Crippen molar-refractivity contribution in [2.75, 3.05) is 0 Å². The van der Waals surface area contributed by atoms with Crippen molar-refractivity contribution in [3.05, 3.63) is 15.4 Å². The maximum absolute atomic E-state index is 11.9. The number of aromatic amines is 1. The summed E-state index contributed by atoms with van der Waals surface area (Å²) >= 11 is 0.734. The summed E-state index contributed by atoms with van der Waals surface area (Å²) in [6, 6.07) is -0.0541. The van der Waals surface area contributed by atoms with E-state index in [0.29, 0.717) is 11.6 Å². The van der Waals surface area contributed by atoms with Gasteiger partial charge in [0.2, 0.25) is 0 Å². The standard InChI is InChI=1S/C9H14N2O3S2/c1-5(7-3-4-7)11-16(13,14)8-6(2)10-9(12)15-8/h5,7,11H,3-4H2,1-2H3,(H,10,12). The van der Waals surface area contributed by atoms with Crippen LogP contribution in [-0.4, -0.2) is 19.4 Å². The monoisotopic (exact) mass is 262 g/mol. The van der Waals surface area contributed by atoms with Gasteiger partial charge in [0.15, 0.2) is 4.21 Å².